The first-order valence-corrected chi connectivity index (χ1v) is 5.14. The van der Waals surface area contributed by atoms with Crippen LogP contribution in [0.15, 0.2) is 6.07 Å². The lowest BCUT2D eigenvalue weighted by molar-refractivity contribution is 0.0377. The molecule has 1 heterocycles. The highest BCUT2D eigenvalue weighted by Crippen LogP contribution is 2.20. The Morgan fingerprint density at radius 3 is 2.53 bits per heavy atom. The van der Waals surface area contributed by atoms with E-state index in [0.29, 0.717) is 5.56 Å². The standard InChI is InChI=1S/C11H14ClNO2/c1-6(2)15-11(14)9-7(3)5-8(4)13-10(9)12/h5-6H,1-4H3. The Labute approximate surface area is 94.4 Å². The largest absolute Gasteiger partial charge is 0.459 e. The molecule has 4 heteroatoms. The zero-order valence-corrected chi connectivity index (χ0v) is 10.1. The van der Waals surface area contributed by atoms with Crippen LogP contribution < -0.4 is 0 Å². The van der Waals surface area contributed by atoms with Gasteiger partial charge in [0.15, 0.2) is 0 Å². The van der Waals surface area contributed by atoms with E-state index in [2.05, 4.69) is 4.98 Å². The van der Waals surface area contributed by atoms with E-state index in [1.54, 1.807) is 13.8 Å². The van der Waals surface area contributed by atoms with E-state index < -0.39 is 5.97 Å². The Balaban J connectivity index is 3.09. The van der Waals surface area contributed by atoms with Crippen molar-refractivity contribution in [2.75, 3.05) is 0 Å². The predicted octanol–water partition coefficient (Wildman–Crippen LogP) is 2.92. The maximum Gasteiger partial charge on any atom is 0.341 e. The van der Waals surface area contributed by atoms with Gasteiger partial charge in [0, 0.05) is 5.69 Å². The van der Waals surface area contributed by atoms with E-state index in [-0.39, 0.29) is 11.3 Å². The van der Waals surface area contributed by atoms with Crippen molar-refractivity contribution in [2.24, 2.45) is 0 Å². The lowest BCUT2D eigenvalue weighted by atomic mass is 10.1. The molecule has 0 aliphatic carbocycles. The van der Waals surface area contributed by atoms with E-state index in [1.165, 1.54) is 0 Å². The zero-order chi connectivity index (χ0) is 11.6. The molecule has 0 aromatic carbocycles. The fourth-order valence-corrected chi connectivity index (χ4v) is 1.67. The molecule has 0 spiro atoms. The van der Waals surface area contributed by atoms with Gasteiger partial charge >= 0.3 is 5.97 Å². The van der Waals surface area contributed by atoms with Crippen LogP contribution in [0, 0.1) is 13.8 Å². The summed E-state index contributed by atoms with van der Waals surface area (Å²) >= 11 is 5.90. The van der Waals surface area contributed by atoms with E-state index in [4.69, 9.17) is 16.3 Å². The SMILES string of the molecule is Cc1cc(C)c(C(=O)OC(C)C)c(Cl)n1. The van der Waals surface area contributed by atoms with Crippen LogP contribution in [0.4, 0.5) is 0 Å². The quantitative estimate of drug-likeness (QED) is 0.576. The number of pyridine rings is 1. The summed E-state index contributed by atoms with van der Waals surface area (Å²) in [5, 5.41) is 0.207. The number of carbonyl (C=O) groups is 1. The highest BCUT2D eigenvalue weighted by molar-refractivity contribution is 6.32. The smallest absolute Gasteiger partial charge is 0.341 e. The molecule has 0 radical (unpaired) electrons. The summed E-state index contributed by atoms with van der Waals surface area (Å²) in [5.74, 6) is -0.417. The topological polar surface area (TPSA) is 39.2 Å². The molecule has 0 aliphatic rings. The van der Waals surface area contributed by atoms with Crippen LogP contribution in [0.2, 0.25) is 5.15 Å². The summed E-state index contributed by atoms with van der Waals surface area (Å²) in [6, 6.07) is 1.81. The van der Waals surface area contributed by atoms with Crippen molar-refractivity contribution in [3.63, 3.8) is 0 Å². The Morgan fingerprint density at radius 1 is 1.47 bits per heavy atom. The van der Waals surface area contributed by atoms with Gasteiger partial charge in [0.1, 0.15) is 5.15 Å². The molecular formula is C11H14ClNO2. The molecule has 0 unspecified atom stereocenters. The molecule has 15 heavy (non-hydrogen) atoms. The van der Waals surface area contributed by atoms with Crippen LogP contribution in [0.25, 0.3) is 0 Å². The zero-order valence-electron chi connectivity index (χ0n) is 9.30. The maximum atomic E-state index is 11.7. The molecule has 0 bridgehead atoms. The summed E-state index contributed by atoms with van der Waals surface area (Å²) in [6.45, 7) is 7.24. The van der Waals surface area contributed by atoms with Gasteiger partial charge in [-0.3, -0.25) is 0 Å². The van der Waals surface area contributed by atoms with Gasteiger partial charge in [-0.2, -0.15) is 0 Å². The van der Waals surface area contributed by atoms with Crippen LogP contribution in [0.3, 0.4) is 0 Å². The number of halogens is 1. The van der Waals surface area contributed by atoms with Gasteiger partial charge in [-0.15, -0.1) is 0 Å². The van der Waals surface area contributed by atoms with Crippen molar-refractivity contribution < 1.29 is 9.53 Å². The fraction of sp³-hybridized carbons (Fsp3) is 0.455. The van der Waals surface area contributed by atoms with E-state index >= 15 is 0 Å². The molecule has 0 aliphatic heterocycles. The Hall–Kier alpha value is -1.09. The fourth-order valence-electron chi connectivity index (χ4n) is 1.31. The number of ether oxygens (including phenoxy) is 1. The number of aromatic nitrogens is 1. The number of hydrogen-bond donors (Lipinski definition) is 0. The molecule has 1 rings (SSSR count). The molecule has 1 aromatic heterocycles. The van der Waals surface area contributed by atoms with Crippen molar-refractivity contribution in [3.05, 3.63) is 28.0 Å². The number of nitrogens with zero attached hydrogens (tertiary/aromatic N) is 1. The van der Waals surface area contributed by atoms with Crippen LogP contribution in [0.1, 0.15) is 35.5 Å². The number of aryl methyl sites for hydroxylation is 2. The molecule has 0 saturated heterocycles. The lowest BCUT2D eigenvalue weighted by Crippen LogP contribution is -2.14. The summed E-state index contributed by atoms with van der Waals surface area (Å²) in [6.07, 6.45) is -0.158. The summed E-state index contributed by atoms with van der Waals surface area (Å²) in [4.78, 5) is 15.7. The van der Waals surface area contributed by atoms with Crippen LogP contribution in [0.5, 0.6) is 0 Å². The number of hydrogen-bond acceptors (Lipinski definition) is 3. The van der Waals surface area contributed by atoms with Crippen molar-refractivity contribution in [1.29, 1.82) is 0 Å². The first kappa shape index (κ1) is 12.0. The van der Waals surface area contributed by atoms with E-state index in [0.717, 1.165) is 11.3 Å². The van der Waals surface area contributed by atoms with Gasteiger partial charge in [0.05, 0.1) is 11.7 Å². The second-order valence-electron chi connectivity index (χ2n) is 3.70. The Kier molecular flexibility index (Phi) is 3.69. The molecule has 0 atom stereocenters. The minimum atomic E-state index is -0.417. The second-order valence-corrected chi connectivity index (χ2v) is 4.06. The first-order chi connectivity index (χ1) is 6.91. The molecule has 0 fully saturated rings. The minimum absolute atomic E-state index is 0.158. The van der Waals surface area contributed by atoms with Crippen LogP contribution in [-0.2, 0) is 4.74 Å². The first-order valence-electron chi connectivity index (χ1n) is 4.76. The average molecular weight is 228 g/mol. The van der Waals surface area contributed by atoms with Crippen molar-refractivity contribution in [1.82, 2.24) is 4.98 Å². The number of esters is 1. The second kappa shape index (κ2) is 4.62. The molecule has 1 aromatic rings. The molecular weight excluding hydrogens is 214 g/mol. The minimum Gasteiger partial charge on any atom is -0.459 e. The third kappa shape index (κ3) is 2.93. The number of carbonyl (C=O) groups excluding carboxylic acids is 1. The van der Waals surface area contributed by atoms with Gasteiger partial charge in [-0.1, -0.05) is 11.6 Å². The Bertz CT molecular complexity index is 365. The van der Waals surface area contributed by atoms with Crippen LogP contribution in [-0.4, -0.2) is 17.1 Å². The van der Waals surface area contributed by atoms with Gasteiger partial charge in [0.2, 0.25) is 0 Å². The predicted molar refractivity (Wildman–Crippen MR) is 59.3 cm³/mol. The van der Waals surface area contributed by atoms with Gasteiger partial charge < -0.3 is 4.74 Å². The van der Waals surface area contributed by atoms with Gasteiger partial charge in [-0.25, -0.2) is 9.78 Å². The number of rotatable bonds is 2. The molecule has 82 valence electrons. The van der Waals surface area contributed by atoms with Crippen LogP contribution >= 0.6 is 11.6 Å². The molecule has 0 N–H and O–H groups in total. The Morgan fingerprint density at radius 2 is 2.07 bits per heavy atom. The summed E-state index contributed by atoms with van der Waals surface area (Å²) < 4.78 is 5.07. The van der Waals surface area contributed by atoms with Crippen molar-refractivity contribution in [3.8, 4) is 0 Å². The molecule has 3 nitrogen and oxygen atoms in total. The average Bonchev–Trinajstić information content (AvgIpc) is 1.99. The summed E-state index contributed by atoms with van der Waals surface area (Å²) in [5.41, 5.74) is 1.94. The van der Waals surface area contributed by atoms with Crippen molar-refractivity contribution in [2.45, 2.75) is 33.8 Å². The van der Waals surface area contributed by atoms with Gasteiger partial charge in [-0.05, 0) is 39.3 Å². The summed E-state index contributed by atoms with van der Waals surface area (Å²) in [7, 11) is 0. The van der Waals surface area contributed by atoms with Crippen molar-refractivity contribution >= 4 is 17.6 Å². The highest BCUT2D eigenvalue weighted by Gasteiger charge is 2.17. The molecule has 0 saturated carbocycles. The monoisotopic (exact) mass is 227 g/mol. The van der Waals surface area contributed by atoms with E-state index in [9.17, 15) is 4.79 Å². The lowest BCUT2D eigenvalue weighted by Gasteiger charge is -2.11. The molecule has 0 amide bonds. The third-order valence-corrected chi connectivity index (χ3v) is 2.12. The normalized spacial score (nSPS) is 10.5. The highest BCUT2D eigenvalue weighted by atomic mass is 35.5. The third-order valence-electron chi connectivity index (χ3n) is 1.85. The van der Waals surface area contributed by atoms with Gasteiger partial charge in [0.25, 0.3) is 0 Å². The maximum absolute atomic E-state index is 11.7. The van der Waals surface area contributed by atoms with E-state index in [1.807, 2.05) is 19.9 Å².